The predicted octanol–water partition coefficient (Wildman–Crippen LogP) is 2.80. The third-order valence-electron chi connectivity index (χ3n) is 4.11. The van der Waals surface area contributed by atoms with Crippen molar-refractivity contribution >= 4 is 12.2 Å². The highest BCUT2D eigenvalue weighted by molar-refractivity contribution is 5.69. The quantitative estimate of drug-likeness (QED) is 0.851. The van der Waals surface area contributed by atoms with Crippen LogP contribution in [0.5, 0.6) is 0 Å². The molecule has 3 atom stereocenters. The minimum absolute atomic E-state index is 0.0182. The molecule has 1 heterocycles. The van der Waals surface area contributed by atoms with Crippen molar-refractivity contribution in [2.75, 3.05) is 6.61 Å². The monoisotopic (exact) mass is 290 g/mol. The number of benzene rings is 2. The molecule has 2 N–H and O–H groups in total. The Bertz CT molecular complexity index is 686. The van der Waals surface area contributed by atoms with Crippen LogP contribution in [-0.4, -0.2) is 23.8 Å². The van der Waals surface area contributed by atoms with Crippen LogP contribution in [0.4, 0.5) is 0 Å². The molecule has 0 radical (unpaired) electrons. The third-order valence-corrected chi connectivity index (χ3v) is 4.11. The first-order chi connectivity index (χ1) is 10.8. The zero-order valence-corrected chi connectivity index (χ0v) is 12.2. The zero-order chi connectivity index (χ0) is 15.4. The fraction of sp³-hybridized carbons (Fsp3) is 0.211. The van der Waals surface area contributed by atoms with Crippen LogP contribution in [0.15, 0.2) is 54.6 Å². The molecule has 0 saturated carbocycles. The average Bonchev–Trinajstić information content (AvgIpc) is 2.55. The van der Waals surface area contributed by atoms with Gasteiger partial charge < -0.3 is 5.11 Å². The maximum Gasteiger partial charge on any atom is 0.104 e. The molecule has 0 unspecified atom stereocenters. The number of nitriles is 1. The van der Waals surface area contributed by atoms with Gasteiger partial charge in [-0.1, -0.05) is 66.7 Å². The fourth-order valence-corrected chi connectivity index (χ4v) is 2.85. The summed E-state index contributed by atoms with van der Waals surface area (Å²) in [5, 5.41) is 21.5. The Morgan fingerprint density at radius 1 is 1.00 bits per heavy atom. The second-order valence-corrected chi connectivity index (χ2v) is 5.50. The van der Waals surface area contributed by atoms with E-state index < -0.39 is 0 Å². The zero-order valence-electron chi connectivity index (χ0n) is 12.2. The van der Waals surface area contributed by atoms with Crippen LogP contribution in [0.3, 0.4) is 0 Å². The number of nitrogens with zero attached hydrogens (tertiary/aromatic N) is 1. The molecule has 1 saturated heterocycles. The lowest BCUT2D eigenvalue weighted by Crippen LogP contribution is -2.60. The van der Waals surface area contributed by atoms with Gasteiger partial charge in [-0.25, -0.2) is 0 Å². The van der Waals surface area contributed by atoms with Crippen molar-refractivity contribution in [2.45, 2.75) is 18.0 Å². The lowest BCUT2D eigenvalue weighted by Gasteiger charge is -2.41. The van der Waals surface area contributed by atoms with Crippen LogP contribution >= 0.6 is 0 Å². The first-order valence-corrected chi connectivity index (χ1v) is 7.41. The number of hydrogen-bond donors (Lipinski definition) is 2. The topological polar surface area (TPSA) is 56.0 Å². The van der Waals surface area contributed by atoms with Gasteiger partial charge in [0.25, 0.3) is 0 Å². The number of aliphatic hydroxyl groups is 1. The number of nitrogens with one attached hydrogen (secondary N) is 1. The molecule has 0 aliphatic carbocycles. The highest BCUT2D eigenvalue weighted by Crippen LogP contribution is 2.31. The lowest BCUT2D eigenvalue weighted by molar-refractivity contribution is 0.151. The first kappa shape index (κ1) is 14.5. The van der Waals surface area contributed by atoms with Gasteiger partial charge in [-0.05, 0) is 16.7 Å². The first-order valence-electron chi connectivity index (χ1n) is 7.41. The lowest BCUT2D eigenvalue weighted by atomic mass is 9.78. The smallest absolute Gasteiger partial charge is 0.104 e. The molecule has 1 aliphatic heterocycles. The Kier molecular flexibility index (Phi) is 4.34. The van der Waals surface area contributed by atoms with E-state index in [0.717, 1.165) is 11.1 Å². The maximum absolute atomic E-state index is 9.31. The van der Waals surface area contributed by atoms with Gasteiger partial charge in [0.2, 0.25) is 0 Å². The summed E-state index contributed by atoms with van der Waals surface area (Å²) in [6, 6.07) is 20.4. The van der Waals surface area contributed by atoms with Gasteiger partial charge in [0.05, 0.1) is 12.7 Å². The van der Waals surface area contributed by atoms with Crippen LogP contribution in [0.25, 0.3) is 12.2 Å². The molecule has 3 nitrogen and oxygen atoms in total. The molecule has 2 aromatic rings. The predicted molar refractivity (Wildman–Crippen MR) is 88.0 cm³/mol. The second kappa shape index (κ2) is 6.57. The molecule has 1 fully saturated rings. The number of rotatable bonds is 4. The SMILES string of the molecule is N#C[C@@H]1N[C@H](CO)[C@@H]1c1ccc(/C=C/c2ccccc2)cc1. The van der Waals surface area contributed by atoms with E-state index in [-0.39, 0.29) is 24.6 Å². The van der Waals surface area contributed by atoms with Crippen LogP contribution in [0.2, 0.25) is 0 Å². The fourth-order valence-electron chi connectivity index (χ4n) is 2.85. The molecule has 110 valence electrons. The summed E-state index contributed by atoms with van der Waals surface area (Å²) in [6.45, 7) is 0.0541. The van der Waals surface area contributed by atoms with Crippen molar-refractivity contribution in [3.63, 3.8) is 0 Å². The van der Waals surface area contributed by atoms with E-state index in [1.54, 1.807) is 0 Å². The summed E-state index contributed by atoms with van der Waals surface area (Å²) in [6.07, 6.45) is 4.15. The Balaban J connectivity index is 1.73. The summed E-state index contributed by atoms with van der Waals surface area (Å²) in [7, 11) is 0. The van der Waals surface area contributed by atoms with E-state index in [0.29, 0.717) is 0 Å². The third kappa shape index (κ3) is 2.94. The standard InChI is InChI=1S/C19H18N2O/c20-12-17-19(18(13-22)21-17)16-10-8-15(9-11-16)7-6-14-4-2-1-3-5-14/h1-11,17-19,21-22H,13H2/b7-6+/t17-,18+,19+/m0/s1. The maximum atomic E-state index is 9.31. The van der Waals surface area contributed by atoms with Gasteiger partial charge >= 0.3 is 0 Å². The largest absolute Gasteiger partial charge is 0.395 e. The summed E-state index contributed by atoms with van der Waals surface area (Å²) in [4.78, 5) is 0. The van der Waals surface area contributed by atoms with Gasteiger partial charge in [0.1, 0.15) is 6.04 Å². The van der Waals surface area contributed by atoms with Crippen molar-refractivity contribution in [3.05, 3.63) is 71.3 Å². The molecule has 22 heavy (non-hydrogen) atoms. The number of hydrogen-bond acceptors (Lipinski definition) is 3. The Labute approximate surface area is 130 Å². The Morgan fingerprint density at radius 3 is 2.23 bits per heavy atom. The van der Waals surface area contributed by atoms with E-state index in [4.69, 9.17) is 5.26 Å². The molecular formula is C19H18N2O. The van der Waals surface area contributed by atoms with Gasteiger partial charge in [0, 0.05) is 12.0 Å². The highest BCUT2D eigenvalue weighted by atomic mass is 16.3. The van der Waals surface area contributed by atoms with Crippen molar-refractivity contribution in [1.82, 2.24) is 5.32 Å². The molecule has 2 aromatic carbocycles. The van der Waals surface area contributed by atoms with Crippen LogP contribution in [-0.2, 0) is 0 Å². The normalized spacial score (nSPS) is 23.9. The van der Waals surface area contributed by atoms with Crippen LogP contribution in [0, 0.1) is 11.3 Å². The summed E-state index contributed by atoms with van der Waals surface area (Å²) in [5.74, 6) is 0.0714. The van der Waals surface area contributed by atoms with Gasteiger partial charge in [-0.2, -0.15) is 5.26 Å². The Morgan fingerprint density at radius 2 is 1.64 bits per heavy atom. The van der Waals surface area contributed by atoms with E-state index in [9.17, 15) is 5.11 Å². The van der Waals surface area contributed by atoms with E-state index in [1.165, 1.54) is 5.56 Å². The van der Waals surface area contributed by atoms with E-state index in [1.807, 2.05) is 30.3 Å². The molecule has 1 aliphatic rings. The molecule has 3 heteroatoms. The molecule has 0 amide bonds. The van der Waals surface area contributed by atoms with Crippen molar-refractivity contribution in [2.24, 2.45) is 0 Å². The van der Waals surface area contributed by atoms with Crippen LogP contribution in [0.1, 0.15) is 22.6 Å². The molecule has 3 rings (SSSR count). The second-order valence-electron chi connectivity index (χ2n) is 5.50. The number of aliphatic hydroxyl groups excluding tert-OH is 1. The Hall–Kier alpha value is -2.41. The van der Waals surface area contributed by atoms with Crippen molar-refractivity contribution in [3.8, 4) is 6.07 Å². The molecule has 0 bridgehead atoms. The molecule has 0 aromatic heterocycles. The minimum atomic E-state index is -0.206. The minimum Gasteiger partial charge on any atom is -0.395 e. The van der Waals surface area contributed by atoms with Gasteiger partial charge in [-0.3, -0.25) is 5.32 Å². The van der Waals surface area contributed by atoms with E-state index >= 15 is 0 Å². The van der Waals surface area contributed by atoms with Crippen molar-refractivity contribution in [1.29, 1.82) is 5.26 Å². The van der Waals surface area contributed by atoms with Gasteiger partial charge in [-0.15, -0.1) is 0 Å². The summed E-state index contributed by atoms with van der Waals surface area (Å²) < 4.78 is 0. The highest BCUT2D eigenvalue weighted by Gasteiger charge is 2.40. The van der Waals surface area contributed by atoms with E-state index in [2.05, 4.69) is 47.8 Å². The van der Waals surface area contributed by atoms with Crippen molar-refractivity contribution < 1.29 is 5.11 Å². The van der Waals surface area contributed by atoms with Crippen LogP contribution < -0.4 is 5.32 Å². The summed E-state index contributed by atoms with van der Waals surface area (Å²) >= 11 is 0. The van der Waals surface area contributed by atoms with Gasteiger partial charge in [0.15, 0.2) is 0 Å². The molecule has 0 spiro atoms. The molecular weight excluding hydrogens is 272 g/mol. The summed E-state index contributed by atoms with van der Waals surface area (Å²) in [5.41, 5.74) is 3.38. The average molecular weight is 290 g/mol.